The Bertz CT molecular complexity index is 552. The Morgan fingerprint density at radius 1 is 1.11 bits per heavy atom. The van der Waals surface area contributed by atoms with E-state index >= 15 is 0 Å². The molecule has 0 aliphatic rings. The molecule has 0 atom stereocenters. The zero-order chi connectivity index (χ0) is 13.7. The summed E-state index contributed by atoms with van der Waals surface area (Å²) in [6.07, 6.45) is 0. The summed E-state index contributed by atoms with van der Waals surface area (Å²) >= 11 is 0. The van der Waals surface area contributed by atoms with Gasteiger partial charge in [0, 0.05) is 12.2 Å². The topological polar surface area (TPSA) is 47.3 Å². The molecule has 0 amide bonds. The molecule has 0 bridgehead atoms. The maximum atomic E-state index is 5.81. The Labute approximate surface area is 114 Å². The number of hydrogen-bond acceptors (Lipinski definition) is 3. The number of para-hydroxylation sites is 2. The Balaban J connectivity index is 1.84. The molecule has 0 unspecified atom stereocenters. The second-order valence-corrected chi connectivity index (χ2v) is 4.63. The molecule has 0 saturated heterocycles. The van der Waals surface area contributed by atoms with Crippen LogP contribution in [0.3, 0.4) is 0 Å². The van der Waals surface area contributed by atoms with Crippen LogP contribution in [-0.4, -0.2) is 13.2 Å². The minimum absolute atomic E-state index is 0.585. The number of rotatable bonds is 5. The molecule has 0 heterocycles. The second-order valence-electron chi connectivity index (χ2n) is 4.63. The zero-order valence-electron chi connectivity index (χ0n) is 11.4. The molecule has 0 saturated carbocycles. The summed E-state index contributed by atoms with van der Waals surface area (Å²) in [5, 5.41) is 3.38. The molecule has 0 aliphatic carbocycles. The molecule has 0 aliphatic heterocycles. The maximum Gasteiger partial charge on any atom is 0.142 e. The van der Waals surface area contributed by atoms with E-state index in [-0.39, 0.29) is 0 Å². The number of nitrogens with two attached hydrogens (primary N) is 1. The van der Waals surface area contributed by atoms with Gasteiger partial charge in [-0.15, -0.1) is 0 Å². The number of nitrogens with one attached hydrogen (secondary N) is 1. The van der Waals surface area contributed by atoms with Gasteiger partial charge in [0.25, 0.3) is 0 Å². The Morgan fingerprint density at radius 2 is 1.89 bits per heavy atom. The number of aryl methyl sites for hydroxylation is 2. The van der Waals surface area contributed by atoms with Crippen LogP contribution in [0.25, 0.3) is 0 Å². The molecule has 19 heavy (non-hydrogen) atoms. The van der Waals surface area contributed by atoms with Crippen LogP contribution in [0.2, 0.25) is 0 Å². The lowest BCUT2D eigenvalue weighted by molar-refractivity contribution is 0.334. The molecule has 3 N–H and O–H groups in total. The largest absolute Gasteiger partial charge is 0.490 e. The van der Waals surface area contributed by atoms with Gasteiger partial charge in [-0.2, -0.15) is 0 Å². The summed E-state index contributed by atoms with van der Waals surface area (Å²) in [5.74, 6) is 0.741. The van der Waals surface area contributed by atoms with E-state index in [4.69, 9.17) is 10.5 Å². The zero-order valence-corrected chi connectivity index (χ0v) is 11.4. The van der Waals surface area contributed by atoms with Crippen molar-refractivity contribution in [1.29, 1.82) is 0 Å². The SMILES string of the molecule is Cc1ccc(C)c(NCCOc2ccccc2N)c1. The fourth-order valence-corrected chi connectivity index (χ4v) is 1.88. The fourth-order valence-electron chi connectivity index (χ4n) is 1.88. The third kappa shape index (κ3) is 3.65. The predicted octanol–water partition coefficient (Wildman–Crippen LogP) is 3.38. The van der Waals surface area contributed by atoms with Crippen LogP contribution >= 0.6 is 0 Å². The van der Waals surface area contributed by atoms with Crippen molar-refractivity contribution in [3.05, 3.63) is 53.6 Å². The summed E-state index contributed by atoms with van der Waals surface area (Å²) in [5.41, 5.74) is 10.1. The number of nitrogen functional groups attached to an aromatic ring is 1. The molecule has 2 aromatic carbocycles. The maximum absolute atomic E-state index is 5.81. The minimum Gasteiger partial charge on any atom is -0.490 e. The average Bonchev–Trinajstić information content (AvgIpc) is 2.40. The van der Waals surface area contributed by atoms with E-state index in [0.29, 0.717) is 12.3 Å². The van der Waals surface area contributed by atoms with Gasteiger partial charge in [0.1, 0.15) is 12.4 Å². The Kier molecular flexibility index (Phi) is 4.29. The van der Waals surface area contributed by atoms with Gasteiger partial charge >= 0.3 is 0 Å². The monoisotopic (exact) mass is 256 g/mol. The third-order valence-electron chi connectivity index (χ3n) is 2.99. The van der Waals surface area contributed by atoms with Gasteiger partial charge < -0.3 is 15.8 Å². The van der Waals surface area contributed by atoms with E-state index in [2.05, 4.69) is 37.4 Å². The van der Waals surface area contributed by atoms with Crippen molar-refractivity contribution < 1.29 is 4.74 Å². The van der Waals surface area contributed by atoms with Gasteiger partial charge in [-0.05, 0) is 43.2 Å². The van der Waals surface area contributed by atoms with Crippen LogP contribution in [0.15, 0.2) is 42.5 Å². The summed E-state index contributed by atoms with van der Waals surface area (Å²) in [6, 6.07) is 13.9. The molecule has 2 rings (SSSR count). The first kappa shape index (κ1) is 13.3. The molecular weight excluding hydrogens is 236 g/mol. The summed E-state index contributed by atoms with van der Waals surface area (Å²) < 4.78 is 5.64. The first-order valence-corrected chi connectivity index (χ1v) is 6.45. The van der Waals surface area contributed by atoms with Crippen LogP contribution in [0, 0.1) is 13.8 Å². The van der Waals surface area contributed by atoms with Crippen LogP contribution < -0.4 is 15.8 Å². The van der Waals surface area contributed by atoms with Crippen LogP contribution in [0.5, 0.6) is 5.75 Å². The number of hydrogen-bond donors (Lipinski definition) is 2. The molecular formula is C16H20N2O. The molecule has 0 radical (unpaired) electrons. The highest BCUT2D eigenvalue weighted by atomic mass is 16.5. The number of benzene rings is 2. The van der Waals surface area contributed by atoms with E-state index in [9.17, 15) is 0 Å². The van der Waals surface area contributed by atoms with Gasteiger partial charge in [0.15, 0.2) is 0 Å². The second kappa shape index (κ2) is 6.14. The minimum atomic E-state index is 0.585. The van der Waals surface area contributed by atoms with Crippen molar-refractivity contribution in [2.24, 2.45) is 0 Å². The number of anilines is 2. The molecule has 3 heteroatoms. The van der Waals surface area contributed by atoms with Gasteiger partial charge in [0.05, 0.1) is 5.69 Å². The standard InChI is InChI=1S/C16H20N2O/c1-12-7-8-13(2)15(11-12)18-9-10-19-16-6-4-3-5-14(16)17/h3-8,11,18H,9-10,17H2,1-2H3. The van der Waals surface area contributed by atoms with Gasteiger partial charge in [0.2, 0.25) is 0 Å². The lowest BCUT2D eigenvalue weighted by Gasteiger charge is -2.12. The molecule has 100 valence electrons. The molecule has 2 aromatic rings. The van der Waals surface area contributed by atoms with E-state index in [0.717, 1.165) is 18.0 Å². The molecule has 0 fully saturated rings. The lowest BCUT2D eigenvalue weighted by Crippen LogP contribution is -2.12. The highest BCUT2D eigenvalue weighted by Crippen LogP contribution is 2.20. The Morgan fingerprint density at radius 3 is 2.68 bits per heavy atom. The van der Waals surface area contributed by atoms with Crippen molar-refractivity contribution in [3.63, 3.8) is 0 Å². The lowest BCUT2D eigenvalue weighted by atomic mass is 10.1. The molecule has 3 nitrogen and oxygen atoms in total. The van der Waals surface area contributed by atoms with Crippen molar-refractivity contribution in [1.82, 2.24) is 0 Å². The summed E-state index contributed by atoms with van der Waals surface area (Å²) in [4.78, 5) is 0. The van der Waals surface area contributed by atoms with Crippen molar-refractivity contribution >= 4 is 11.4 Å². The van der Waals surface area contributed by atoms with Gasteiger partial charge in [-0.3, -0.25) is 0 Å². The quantitative estimate of drug-likeness (QED) is 0.637. The Hall–Kier alpha value is -2.16. The van der Waals surface area contributed by atoms with E-state index in [1.54, 1.807) is 0 Å². The third-order valence-corrected chi connectivity index (χ3v) is 2.99. The summed E-state index contributed by atoms with van der Waals surface area (Å²) in [7, 11) is 0. The van der Waals surface area contributed by atoms with Gasteiger partial charge in [-0.1, -0.05) is 24.3 Å². The first-order valence-electron chi connectivity index (χ1n) is 6.45. The smallest absolute Gasteiger partial charge is 0.142 e. The fraction of sp³-hybridized carbons (Fsp3) is 0.250. The first-order chi connectivity index (χ1) is 9.16. The normalized spacial score (nSPS) is 10.2. The van der Waals surface area contributed by atoms with Crippen LogP contribution in [0.1, 0.15) is 11.1 Å². The van der Waals surface area contributed by atoms with Crippen molar-refractivity contribution in [3.8, 4) is 5.75 Å². The van der Waals surface area contributed by atoms with Crippen molar-refractivity contribution in [2.75, 3.05) is 24.2 Å². The molecule has 0 spiro atoms. The van der Waals surface area contributed by atoms with E-state index in [1.807, 2.05) is 24.3 Å². The summed E-state index contributed by atoms with van der Waals surface area (Å²) in [6.45, 7) is 5.52. The van der Waals surface area contributed by atoms with Crippen molar-refractivity contribution in [2.45, 2.75) is 13.8 Å². The highest BCUT2D eigenvalue weighted by molar-refractivity contribution is 5.53. The predicted molar refractivity (Wildman–Crippen MR) is 80.8 cm³/mol. The number of ether oxygens (including phenoxy) is 1. The van der Waals surface area contributed by atoms with E-state index < -0.39 is 0 Å². The molecule has 0 aromatic heterocycles. The average molecular weight is 256 g/mol. The van der Waals surface area contributed by atoms with Gasteiger partial charge in [-0.25, -0.2) is 0 Å². The van der Waals surface area contributed by atoms with Crippen LogP contribution in [0.4, 0.5) is 11.4 Å². The van der Waals surface area contributed by atoms with Crippen LogP contribution in [-0.2, 0) is 0 Å². The van der Waals surface area contributed by atoms with E-state index in [1.165, 1.54) is 11.1 Å². The highest BCUT2D eigenvalue weighted by Gasteiger charge is 2.00.